The number of anilines is 1. The number of ether oxygens (including phenoxy) is 1. The van der Waals surface area contributed by atoms with Crippen molar-refractivity contribution in [1.29, 1.82) is 0 Å². The average molecular weight is 543 g/mol. The Morgan fingerprint density at radius 2 is 2.03 bits per heavy atom. The number of hydrogen-bond acceptors (Lipinski definition) is 6. The molecule has 37 heavy (non-hydrogen) atoms. The lowest BCUT2D eigenvalue weighted by Crippen LogP contribution is -2.46. The van der Waals surface area contributed by atoms with Crippen LogP contribution in [0.3, 0.4) is 0 Å². The van der Waals surface area contributed by atoms with Gasteiger partial charge in [-0.1, -0.05) is 24.6 Å². The highest BCUT2D eigenvalue weighted by Crippen LogP contribution is 2.30. The molecule has 1 aliphatic heterocycles. The Kier molecular flexibility index (Phi) is 7.11. The van der Waals surface area contributed by atoms with E-state index < -0.39 is 53.7 Å². The van der Waals surface area contributed by atoms with Crippen molar-refractivity contribution < 1.29 is 37.0 Å². The maximum atomic E-state index is 14.9. The SMILES string of the molecule is CC[C@@H](NC(=O)Oc1cn(-c2c(F)cccc2Cl)c2nc(N3CC[C@H](O)C3=O)ccc2c1=O)C(F)(F)F. The molecule has 4 rings (SSSR count). The highest BCUT2D eigenvalue weighted by atomic mass is 35.5. The Labute approximate surface area is 211 Å². The monoisotopic (exact) mass is 542 g/mol. The molecule has 0 spiro atoms. The Hall–Kier alpha value is -3.71. The molecule has 3 heterocycles. The molecule has 3 aromatic rings. The molecule has 14 heteroatoms. The lowest BCUT2D eigenvalue weighted by Gasteiger charge is -2.20. The van der Waals surface area contributed by atoms with Crippen molar-refractivity contribution in [2.45, 2.75) is 38.1 Å². The topological polar surface area (TPSA) is 114 Å². The van der Waals surface area contributed by atoms with Gasteiger partial charge >= 0.3 is 12.3 Å². The minimum absolute atomic E-state index is 0.0528. The van der Waals surface area contributed by atoms with Crippen LogP contribution >= 0.6 is 11.6 Å². The number of nitrogens with one attached hydrogen (secondary N) is 1. The van der Waals surface area contributed by atoms with Crippen molar-refractivity contribution in [3.8, 4) is 11.4 Å². The largest absolute Gasteiger partial charge is 0.413 e. The summed E-state index contributed by atoms with van der Waals surface area (Å²) >= 11 is 6.20. The first-order valence-corrected chi connectivity index (χ1v) is 11.4. The minimum Gasteiger partial charge on any atom is -0.405 e. The van der Waals surface area contributed by atoms with Crippen LogP contribution in [0.1, 0.15) is 19.8 Å². The van der Waals surface area contributed by atoms with Gasteiger partial charge in [-0.2, -0.15) is 13.2 Å². The second-order valence-electron chi connectivity index (χ2n) is 8.13. The van der Waals surface area contributed by atoms with Gasteiger partial charge in [0.15, 0.2) is 11.4 Å². The van der Waals surface area contributed by atoms with E-state index in [-0.39, 0.29) is 40.5 Å². The van der Waals surface area contributed by atoms with E-state index in [1.54, 1.807) is 5.32 Å². The van der Waals surface area contributed by atoms with Crippen LogP contribution in [0.2, 0.25) is 5.02 Å². The van der Waals surface area contributed by atoms with Crippen LogP contribution in [0.5, 0.6) is 5.75 Å². The van der Waals surface area contributed by atoms with E-state index in [0.29, 0.717) is 0 Å². The molecule has 196 valence electrons. The molecule has 0 radical (unpaired) electrons. The molecular weight excluding hydrogens is 524 g/mol. The van der Waals surface area contributed by atoms with E-state index in [4.69, 9.17) is 16.3 Å². The van der Waals surface area contributed by atoms with Crippen LogP contribution in [0.4, 0.5) is 28.2 Å². The standard InChI is InChI=1S/C23H19ClF4N4O5/c1-2-16(23(26,27)28)29-22(36)37-15-10-32(18-12(24)4-3-5-13(18)25)20-11(19(15)34)6-7-17(30-20)31-9-8-14(33)21(31)35/h3-7,10,14,16,33H,2,8-9H2,1H3,(H,29,36)/t14-,16+/m0/s1. The van der Waals surface area contributed by atoms with Gasteiger partial charge in [-0.15, -0.1) is 0 Å². The van der Waals surface area contributed by atoms with Crippen LogP contribution in [0.15, 0.2) is 41.3 Å². The normalized spacial score (nSPS) is 16.8. The molecule has 1 saturated heterocycles. The van der Waals surface area contributed by atoms with Gasteiger partial charge in [0.25, 0.3) is 5.91 Å². The maximum absolute atomic E-state index is 14.9. The molecule has 1 aliphatic rings. The zero-order chi connectivity index (χ0) is 27.1. The van der Waals surface area contributed by atoms with Gasteiger partial charge < -0.3 is 15.2 Å². The molecule has 2 amide bonds. The van der Waals surface area contributed by atoms with Gasteiger partial charge in [0, 0.05) is 13.0 Å². The van der Waals surface area contributed by atoms with E-state index >= 15 is 0 Å². The summed E-state index contributed by atoms with van der Waals surface area (Å²) in [5, 5.41) is 11.1. The quantitative estimate of drug-likeness (QED) is 0.475. The summed E-state index contributed by atoms with van der Waals surface area (Å²) in [6.07, 6.45) is -6.98. The maximum Gasteiger partial charge on any atom is 0.413 e. The fraction of sp³-hybridized carbons (Fsp3) is 0.304. The summed E-state index contributed by atoms with van der Waals surface area (Å²) in [6.45, 7) is 1.34. The summed E-state index contributed by atoms with van der Waals surface area (Å²) in [5.41, 5.74) is -1.41. The van der Waals surface area contributed by atoms with Crippen molar-refractivity contribution in [2.24, 2.45) is 0 Å². The molecule has 9 nitrogen and oxygen atoms in total. The average Bonchev–Trinajstić information content (AvgIpc) is 3.17. The number of benzene rings is 1. The molecule has 0 aliphatic carbocycles. The van der Waals surface area contributed by atoms with Crippen molar-refractivity contribution in [3.05, 3.63) is 57.6 Å². The molecule has 2 N–H and O–H groups in total. The fourth-order valence-corrected chi connectivity index (χ4v) is 4.12. The lowest BCUT2D eigenvalue weighted by molar-refractivity contribution is -0.154. The van der Waals surface area contributed by atoms with Crippen molar-refractivity contribution in [2.75, 3.05) is 11.4 Å². The number of amides is 2. The number of rotatable bonds is 5. The molecule has 0 saturated carbocycles. The Morgan fingerprint density at radius 1 is 1.30 bits per heavy atom. The summed E-state index contributed by atoms with van der Waals surface area (Å²) in [6, 6.07) is 4.05. The number of nitrogens with zero attached hydrogens (tertiary/aromatic N) is 3. The number of alkyl halides is 3. The van der Waals surface area contributed by atoms with E-state index in [9.17, 15) is 37.1 Å². The van der Waals surface area contributed by atoms with Gasteiger partial charge in [-0.25, -0.2) is 14.2 Å². The number of carbonyl (C=O) groups excluding carboxylic acids is 2. The van der Waals surface area contributed by atoms with Gasteiger partial charge in [-0.3, -0.25) is 19.1 Å². The number of pyridine rings is 2. The number of halogens is 5. The van der Waals surface area contributed by atoms with Crippen LogP contribution in [0.25, 0.3) is 16.7 Å². The van der Waals surface area contributed by atoms with E-state index in [1.165, 1.54) is 36.1 Å². The Morgan fingerprint density at radius 3 is 2.62 bits per heavy atom. The number of hydrogen-bond donors (Lipinski definition) is 2. The summed E-state index contributed by atoms with van der Waals surface area (Å²) in [7, 11) is 0. The van der Waals surface area contributed by atoms with E-state index in [0.717, 1.165) is 16.8 Å². The minimum atomic E-state index is -4.75. The van der Waals surface area contributed by atoms with E-state index in [1.807, 2.05) is 0 Å². The zero-order valence-electron chi connectivity index (χ0n) is 19.1. The molecule has 0 unspecified atom stereocenters. The number of aliphatic hydroxyl groups excluding tert-OH is 1. The predicted molar refractivity (Wildman–Crippen MR) is 125 cm³/mol. The number of carbonyl (C=O) groups is 2. The van der Waals surface area contributed by atoms with Crippen LogP contribution in [0, 0.1) is 5.82 Å². The molecule has 1 aromatic carbocycles. The van der Waals surface area contributed by atoms with Crippen LogP contribution in [-0.2, 0) is 4.79 Å². The second kappa shape index (κ2) is 9.98. The van der Waals surface area contributed by atoms with Gasteiger partial charge in [0.1, 0.15) is 29.5 Å². The Bertz CT molecular complexity index is 1420. The van der Waals surface area contributed by atoms with E-state index in [2.05, 4.69) is 4.98 Å². The molecule has 0 bridgehead atoms. The first-order chi connectivity index (χ1) is 17.4. The van der Waals surface area contributed by atoms with Crippen molar-refractivity contribution >= 4 is 40.5 Å². The van der Waals surface area contributed by atoms with Gasteiger partial charge in [0.2, 0.25) is 5.43 Å². The zero-order valence-corrected chi connectivity index (χ0v) is 19.8. The molecule has 1 fully saturated rings. The van der Waals surface area contributed by atoms with Crippen molar-refractivity contribution in [1.82, 2.24) is 14.9 Å². The third-order valence-corrected chi connectivity index (χ3v) is 6.04. The summed E-state index contributed by atoms with van der Waals surface area (Å²) in [5.74, 6) is -2.13. The smallest absolute Gasteiger partial charge is 0.405 e. The van der Waals surface area contributed by atoms with Gasteiger partial charge in [0.05, 0.1) is 16.6 Å². The van der Waals surface area contributed by atoms with Gasteiger partial charge in [-0.05, 0) is 30.7 Å². The number of fused-ring (bicyclic) bond motifs is 1. The fourth-order valence-electron chi connectivity index (χ4n) is 3.86. The highest BCUT2D eigenvalue weighted by molar-refractivity contribution is 6.32. The third-order valence-electron chi connectivity index (χ3n) is 5.73. The predicted octanol–water partition coefficient (Wildman–Crippen LogP) is 3.71. The number of aromatic nitrogens is 2. The highest BCUT2D eigenvalue weighted by Gasteiger charge is 2.40. The molecule has 2 atom stereocenters. The summed E-state index contributed by atoms with van der Waals surface area (Å²) < 4.78 is 59.9. The first kappa shape index (κ1) is 26.4. The second-order valence-corrected chi connectivity index (χ2v) is 8.54. The third kappa shape index (κ3) is 5.09. The number of para-hydroxylation sites is 1. The Balaban J connectivity index is 1.86. The number of aliphatic hydroxyl groups is 1. The summed E-state index contributed by atoms with van der Waals surface area (Å²) in [4.78, 5) is 43.1. The lowest BCUT2D eigenvalue weighted by atomic mass is 10.2. The molecule has 2 aromatic heterocycles. The van der Waals surface area contributed by atoms with Crippen LogP contribution in [-0.4, -0.2) is 51.5 Å². The first-order valence-electron chi connectivity index (χ1n) is 11.0. The van der Waals surface area contributed by atoms with Crippen LogP contribution < -0.4 is 20.4 Å². The van der Waals surface area contributed by atoms with Crippen molar-refractivity contribution in [3.63, 3.8) is 0 Å². The molecular formula is C23H19ClF4N4O5.